The fourth-order valence-corrected chi connectivity index (χ4v) is 7.14. The van der Waals surface area contributed by atoms with Gasteiger partial charge in [-0.05, 0) is 73.9 Å². The summed E-state index contributed by atoms with van der Waals surface area (Å²) in [5.41, 5.74) is 16.1. The van der Waals surface area contributed by atoms with E-state index in [2.05, 4.69) is 36.6 Å². The lowest BCUT2D eigenvalue weighted by molar-refractivity contribution is -0.135. The van der Waals surface area contributed by atoms with Gasteiger partial charge < -0.3 is 43.0 Å². The summed E-state index contributed by atoms with van der Waals surface area (Å²) < 4.78 is 0. The molecule has 0 aliphatic carbocycles. The second-order valence-electron chi connectivity index (χ2n) is 16.2. The SMILES string of the molecule is CCC(C)[C@H](NC(=O)[C@H](CCCCNC(N)=O)CC(=O)Cc1ccc(NC(=O)Nc2ccccc2C)cc1)C(=O)C[C@@H](Cc1ccc(C)cc1)C(=O)N[C@H](Cc1cnc[nH]1)C(N)=O. The number of rotatable bonds is 25. The molecule has 0 saturated heterocycles. The maximum absolute atomic E-state index is 14.3. The molecule has 0 bridgehead atoms. The number of ketones is 2. The maximum Gasteiger partial charge on any atom is 0.323 e. The Hall–Kier alpha value is -6.84. The van der Waals surface area contributed by atoms with Gasteiger partial charge in [-0.25, -0.2) is 14.6 Å². The van der Waals surface area contributed by atoms with Crippen molar-refractivity contribution in [2.75, 3.05) is 17.2 Å². The van der Waals surface area contributed by atoms with Crippen molar-refractivity contribution < 1.29 is 33.6 Å². The van der Waals surface area contributed by atoms with Gasteiger partial charge in [0.05, 0.1) is 12.4 Å². The minimum atomic E-state index is -1.07. The van der Waals surface area contributed by atoms with E-state index in [4.69, 9.17) is 11.5 Å². The van der Waals surface area contributed by atoms with Crippen LogP contribution in [0.15, 0.2) is 85.3 Å². The number of carbonyl (C=O) groups excluding carboxylic acids is 7. The number of aromatic nitrogens is 2. The number of hydrogen-bond donors (Lipinski definition) is 8. The number of amides is 7. The molecule has 0 spiro atoms. The number of nitrogens with zero attached hydrogens (tertiary/aromatic N) is 1. The molecule has 10 N–H and O–H groups in total. The second-order valence-corrected chi connectivity index (χ2v) is 16.2. The van der Waals surface area contributed by atoms with Crippen molar-refractivity contribution >= 4 is 52.7 Å². The lowest BCUT2D eigenvalue weighted by atomic mass is 9.86. The van der Waals surface area contributed by atoms with E-state index >= 15 is 0 Å². The van der Waals surface area contributed by atoms with Crippen molar-refractivity contribution in [1.82, 2.24) is 25.9 Å². The zero-order chi connectivity index (χ0) is 45.9. The van der Waals surface area contributed by atoms with Crippen LogP contribution in [-0.4, -0.2) is 69.9 Å². The van der Waals surface area contributed by atoms with Crippen molar-refractivity contribution in [3.8, 4) is 0 Å². The van der Waals surface area contributed by atoms with Crippen molar-refractivity contribution in [1.29, 1.82) is 0 Å². The number of Topliss-reactive ketones (excluding diaryl/α,β-unsaturated/α-hetero) is 2. The first-order chi connectivity index (χ1) is 30.1. The number of nitrogens with one attached hydrogen (secondary N) is 6. The summed E-state index contributed by atoms with van der Waals surface area (Å²) >= 11 is 0. The van der Waals surface area contributed by atoms with Gasteiger partial charge in [0, 0.05) is 67.3 Å². The van der Waals surface area contributed by atoms with E-state index in [1.807, 2.05) is 70.2 Å². The van der Waals surface area contributed by atoms with Gasteiger partial charge >= 0.3 is 12.1 Å². The highest BCUT2D eigenvalue weighted by molar-refractivity contribution is 6.00. The Kier molecular flexibility index (Phi) is 19.0. The molecular formula is C47H61N9O7. The van der Waals surface area contributed by atoms with Crippen LogP contribution in [0.2, 0.25) is 0 Å². The zero-order valence-corrected chi connectivity index (χ0v) is 36.5. The Labute approximate surface area is 368 Å². The van der Waals surface area contributed by atoms with Crippen LogP contribution >= 0.6 is 0 Å². The van der Waals surface area contributed by atoms with Crippen LogP contribution < -0.4 is 38.1 Å². The minimum absolute atomic E-state index is 0.0267. The number of carbonyl (C=O) groups is 7. The Morgan fingerprint density at radius 3 is 2.08 bits per heavy atom. The van der Waals surface area contributed by atoms with Gasteiger partial charge in [-0.2, -0.15) is 0 Å². The fourth-order valence-electron chi connectivity index (χ4n) is 7.14. The first-order valence-electron chi connectivity index (χ1n) is 21.3. The van der Waals surface area contributed by atoms with E-state index in [1.165, 1.54) is 12.5 Å². The molecule has 7 amide bonds. The van der Waals surface area contributed by atoms with Crippen molar-refractivity contribution in [3.05, 3.63) is 113 Å². The average Bonchev–Trinajstić information content (AvgIpc) is 3.76. The number of para-hydroxylation sites is 1. The lowest BCUT2D eigenvalue weighted by Crippen LogP contribution is -2.51. The largest absolute Gasteiger partial charge is 0.368 e. The van der Waals surface area contributed by atoms with Crippen LogP contribution in [0.5, 0.6) is 0 Å². The van der Waals surface area contributed by atoms with Crippen LogP contribution in [0.1, 0.15) is 80.3 Å². The Morgan fingerprint density at radius 2 is 1.44 bits per heavy atom. The zero-order valence-electron chi connectivity index (χ0n) is 36.5. The van der Waals surface area contributed by atoms with E-state index in [0.29, 0.717) is 48.3 Å². The van der Waals surface area contributed by atoms with Crippen LogP contribution in [0, 0.1) is 31.6 Å². The molecule has 16 heteroatoms. The maximum atomic E-state index is 14.3. The third-order valence-corrected chi connectivity index (χ3v) is 11.0. The molecule has 0 aliphatic heterocycles. The molecule has 336 valence electrons. The molecule has 5 atom stereocenters. The molecule has 1 aromatic heterocycles. The molecule has 63 heavy (non-hydrogen) atoms. The number of anilines is 2. The molecule has 3 aromatic carbocycles. The number of nitrogens with two attached hydrogens (primary N) is 2. The van der Waals surface area contributed by atoms with Crippen LogP contribution in [-0.2, 0) is 43.2 Å². The van der Waals surface area contributed by atoms with Gasteiger partial charge in [-0.3, -0.25) is 24.0 Å². The predicted molar refractivity (Wildman–Crippen MR) is 241 cm³/mol. The highest BCUT2D eigenvalue weighted by atomic mass is 16.2. The molecule has 4 rings (SSSR count). The molecule has 4 aromatic rings. The second kappa shape index (κ2) is 24.6. The summed E-state index contributed by atoms with van der Waals surface area (Å²) in [6, 6.07) is 18.7. The quantitative estimate of drug-likeness (QED) is 0.0410. The molecular weight excluding hydrogens is 803 g/mol. The summed E-state index contributed by atoms with van der Waals surface area (Å²) in [5.74, 6) is -4.38. The summed E-state index contributed by atoms with van der Waals surface area (Å²) in [5, 5.41) is 13.8. The van der Waals surface area contributed by atoms with Crippen molar-refractivity contribution in [2.45, 2.75) is 97.6 Å². The third-order valence-electron chi connectivity index (χ3n) is 11.0. The number of benzene rings is 3. The van der Waals surface area contributed by atoms with Crippen molar-refractivity contribution in [3.63, 3.8) is 0 Å². The summed E-state index contributed by atoms with van der Waals surface area (Å²) in [7, 11) is 0. The van der Waals surface area contributed by atoms with Crippen molar-refractivity contribution in [2.24, 2.45) is 29.2 Å². The van der Waals surface area contributed by atoms with Crippen LogP contribution in [0.4, 0.5) is 21.0 Å². The van der Waals surface area contributed by atoms with Gasteiger partial charge in [-0.15, -0.1) is 0 Å². The van der Waals surface area contributed by atoms with Gasteiger partial charge in [-0.1, -0.05) is 86.8 Å². The molecule has 0 fully saturated rings. The highest BCUT2D eigenvalue weighted by Gasteiger charge is 2.34. The lowest BCUT2D eigenvalue weighted by Gasteiger charge is -2.28. The van der Waals surface area contributed by atoms with E-state index in [0.717, 1.165) is 16.7 Å². The standard InChI is InChI=1S/C47H61N9O7/c1-5-30(3)42(41(58)25-35(22-32-15-13-29(2)14-16-32)45(61)54-40(43(48)59)26-37-27-50-28-52-37)56-44(60)34(11-8-9-21-51-46(49)62)24-38(57)23-33-17-19-36(20-18-33)53-47(63)55-39-12-7-6-10-31(39)4/h6-7,10,12-20,27-28,30,34-35,40,42H,5,8-9,11,21-26H2,1-4H3,(H2,48,59)(H,50,52)(H,54,61)(H,56,60)(H3,49,51,62)(H2,53,55,63)/t30?,34-,35-,40-,42+/m1/s1. The molecule has 16 nitrogen and oxygen atoms in total. The molecule has 1 heterocycles. The Bertz CT molecular complexity index is 2160. The van der Waals surface area contributed by atoms with E-state index in [9.17, 15) is 33.6 Å². The normalized spacial score (nSPS) is 13.3. The first-order valence-corrected chi connectivity index (χ1v) is 21.3. The highest BCUT2D eigenvalue weighted by Crippen LogP contribution is 2.22. The van der Waals surface area contributed by atoms with Gasteiger partial charge in [0.2, 0.25) is 17.7 Å². The Balaban J connectivity index is 1.47. The summed E-state index contributed by atoms with van der Waals surface area (Å²) in [4.78, 5) is 99.2. The van der Waals surface area contributed by atoms with E-state index in [-0.39, 0.29) is 56.1 Å². The van der Waals surface area contributed by atoms with Crippen LogP contribution in [0.25, 0.3) is 0 Å². The molecule has 1 unspecified atom stereocenters. The monoisotopic (exact) mass is 863 g/mol. The van der Waals surface area contributed by atoms with E-state index in [1.54, 1.807) is 30.3 Å². The molecule has 0 aliphatic rings. The average molecular weight is 864 g/mol. The predicted octanol–water partition coefficient (Wildman–Crippen LogP) is 5.19. The minimum Gasteiger partial charge on any atom is -0.368 e. The summed E-state index contributed by atoms with van der Waals surface area (Å²) in [6.07, 6.45) is 4.72. The summed E-state index contributed by atoms with van der Waals surface area (Å²) in [6.45, 7) is 7.85. The Morgan fingerprint density at radius 1 is 0.762 bits per heavy atom. The first kappa shape index (κ1) is 48.8. The fraction of sp³-hybridized carbons (Fsp3) is 0.404. The number of urea groups is 2. The van der Waals surface area contributed by atoms with Gasteiger partial charge in [0.1, 0.15) is 11.8 Å². The molecule has 0 radical (unpaired) electrons. The number of H-pyrrole nitrogens is 1. The van der Waals surface area contributed by atoms with E-state index < -0.39 is 53.7 Å². The number of imidazole rings is 1. The number of aromatic amines is 1. The van der Waals surface area contributed by atoms with Gasteiger partial charge in [0.15, 0.2) is 5.78 Å². The van der Waals surface area contributed by atoms with Crippen LogP contribution in [0.3, 0.4) is 0 Å². The third kappa shape index (κ3) is 16.5. The number of hydrogen-bond acceptors (Lipinski definition) is 8. The topological polar surface area (TPSA) is 260 Å². The van der Waals surface area contributed by atoms with Gasteiger partial charge in [0.25, 0.3) is 0 Å². The smallest absolute Gasteiger partial charge is 0.323 e. The number of aryl methyl sites for hydroxylation is 2. The number of primary amides is 2. The number of unbranched alkanes of at least 4 members (excludes halogenated alkanes) is 1. The molecule has 0 saturated carbocycles.